The Kier molecular flexibility index (Phi) is 2.64. The number of carboxylic acid groups (broad SMARTS) is 1. The molecule has 88 valence electrons. The number of aromatic amines is 1. The van der Waals surface area contributed by atoms with Crippen LogP contribution in [0, 0.1) is 0 Å². The lowest BCUT2D eigenvalue weighted by Crippen LogP contribution is -2.11. The molecular formula is C10H7ClN2O4. The van der Waals surface area contributed by atoms with Crippen molar-refractivity contribution in [2.45, 2.75) is 0 Å². The Morgan fingerprint density at radius 3 is 2.65 bits per heavy atom. The molecule has 0 radical (unpaired) electrons. The lowest BCUT2D eigenvalue weighted by atomic mass is 10.3. The van der Waals surface area contributed by atoms with Gasteiger partial charge in [-0.1, -0.05) is 17.7 Å². The molecule has 0 unspecified atom stereocenters. The van der Waals surface area contributed by atoms with Crippen LogP contribution >= 0.6 is 11.6 Å². The monoisotopic (exact) mass is 254 g/mol. The van der Waals surface area contributed by atoms with Gasteiger partial charge >= 0.3 is 5.97 Å². The molecule has 7 heteroatoms. The highest BCUT2D eigenvalue weighted by atomic mass is 35.5. The first kappa shape index (κ1) is 11.3. The van der Waals surface area contributed by atoms with Gasteiger partial charge in [-0.25, -0.2) is 9.48 Å². The van der Waals surface area contributed by atoms with E-state index in [1.165, 1.54) is 6.07 Å². The molecule has 0 aliphatic rings. The number of hydrogen-bond donors (Lipinski definition) is 3. The lowest BCUT2D eigenvalue weighted by Gasteiger charge is -2.03. The normalized spacial score (nSPS) is 10.4. The summed E-state index contributed by atoms with van der Waals surface area (Å²) in [5.74, 6) is -2.16. The third-order valence-corrected chi connectivity index (χ3v) is 2.39. The number of rotatable bonds is 2. The minimum Gasteiger partial charge on any atom is -0.493 e. The molecule has 0 saturated heterocycles. The number of carboxylic acids is 1. The second kappa shape index (κ2) is 3.99. The highest BCUT2D eigenvalue weighted by molar-refractivity contribution is 6.30. The summed E-state index contributed by atoms with van der Waals surface area (Å²) in [6.07, 6.45) is 0. The molecule has 1 aromatic heterocycles. The van der Waals surface area contributed by atoms with Crippen molar-refractivity contribution in [2.75, 3.05) is 0 Å². The average Bonchev–Trinajstić information content (AvgIpc) is 2.54. The molecule has 0 aliphatic heterocycles. The van der Waals surface area contributed by atoms with Crippen molar-refractivity contribution in [1.82, 2.24) is 9.78 Å². The summed E-state index contributed by atoms with van der Waals surface area (Å²) in [6, 6.07) is 6.26. The van der Waals surface area contributed by atoms with Crippen LogP contribution in [-0.2, 0) is 0 Å². The van der Waals surface area contributed by atoms with Gasteiger partial charge in [-0.15, -0.1) is 0 Å². The summed E-state index contributed by atoms with van der Waals surface area (Å²) < 4.78 is 0.956. The van der Waals surface area contributed by atoms with Crippen LogP contribution in [0.2, 0.25) is 5.02 Å². The molecular weight excluding hydrogens is 248 g/mol. The van der Waals surface area contributed by atoms with Gasteiger partial charge in [-0.2, -0.15) is 0 Å². The van der Waals surface area contributed by atoms with Crippen LogP contribution in [0.25, 0.3) is 5.69 Å². The van der Waals surface area contributed by atoms with Gasteiger partial charge in [-0.05, 0) is 18.2 Å². The second-order valence-electron chi connectivity index (χ2n) is 3.26. The highest BCUT2D eigenvalue weighted by Crippen LogP contribution is 2.20. The molecule has 6 nitrogen and oxygen atoms in total. The molecule has 0 fully saturated rings. The zero-order valence-corrected chi connectivity index (χ0v) is 9.10. The van der Waals surface area contributed by atoms with Crippen molar-refractivity contribution in [3.8, 4) is 11.6 Å². The zero-order valence-electron chi connectivity index (χ0n) is 8.35. The first-order valence-corrected chi connectivity index (χ1v) is 4.91. The number of nitrogens with one attached hydrogen (secondary N) is 1. The van der Waals surface area contributed by atoms with Gasteiger partial charge in [0.15, 0.2) is 5.56 Å². The fourth-order valence-corrected chi connectivity index (χ4v) is 1.60. The summed E-state index contributed by atoms with van der Waals surface area (Å²) in [6.45, 7) is 0. The fraction of sp³-hybridized carbons (Fsp3) is 0. The summed E-state index contributed by atoms with van der Waals surface area (Å²) in [7, 11) is 0. The van der Waals surface area contributed by atoms with E-state index >= 15 is 0 Å². The molecule has 0 amide bonds. The van der Waals surface area contributed by atoms with Gasteiger partial charge < -0.3 is 10.2 Å². The van der Waals surface area contributed by atoms with Gasteiger partial charge in [0, 0.05) is 5.02 Å². The fourth-order valence-electron chi connectivity index (χ4n) is 1.42. The van der Waals surface area contributed by atoms with Crippen LogP contribution in [0.3, 0.4) is 0 Å². The number of halogens is 1. The van der Waals surface area contributed by atoms with E-state index in [2.05, 4.69) is 5.10 Å². The first-order chi connectivity index (χ1) is 8.00. The molecule has 17 heavy (non-hydrogen) atoms. The molecule has 0 saturated carbocycles. The van der Waals surface area contributed by atoms with Gasteiger partial charge in [-0.3, -0.25) is 9.89 Å². The van der Waals surface area contributed by atoms with Gasteiger partial charge in [0.25, 0.3) is 5.56 Å². The summed E-state index contributed by atoms with van der Waals surface area (Å²) in [5.41, 5.74) is -1.22. The smallest absolute Gasteiger partial charge is 0.347 e. The lowest BCUT2D eigenvalue weighted by molar-refractivity contribution is 0.0692. The van der Waals surface area contributed by atoms with Crippen LogP contribution in [0.4, 0.5) is 0 Å². The van der Waals surface area contributed by atoms with E-state index in [1.54, 1.807) is 18.2 Å². The van der Waals surface area contributed by atoms with E-state index in [9.17, 15) is 14.7 Å². The molecule has 0 bridgehead atoms. The van der Waals surface area contributed by atoms with Gasteiger partial charge in [0.1, 0.15) is 0 Å². The number of carbonyl (C=O) groups is 1. The predicted octanol–water partition coefficient (Wildman–Crippen LogP) is 1.22. The van der Waals surface area contributed by atoms with Crippen molar-refractivity contribution in [3.63, 3.8) is 0 Å². The van der Waals surface area contributed by atoms with E-state index < -0.39 is 23.0 Å². The largest absolute Gasteiger partial charge is 0.493 e. The van der Waals surface area contributed by atoms with Crippen LogP contribution < -0.4 is 5.56 Å². The molecule has 1 heterocycles. The van der Waals surface area contributed by atoms with E-state index in [-0.39, 0.29) is 0 Å². The summed E-state index contributed by atoms with van der Waals surface area (Å²) >= 11 is 5.75. The minimum absolute atomic E-state index is 0.361. The number of nitrogens with zero attached hydrogens (tertiary/aromatic N) is 1. The summed E-state index contributed by atoms with van der Waals surface area (Å²) in [5, 5.41) is 21.0. The molecule has 0 spiro atoms. The van der Waals surface area contributed by atoms with E-state index in [0.29, 0.717) is 10.7 Å². The Hall–Kier alpha value is -2.21. The molecule has 0 atom stereocenters. The third kappa shape index (κ3) is 1.90. The maximum Gasteiger partial charge on any atom is 0.347 e. The minimum atomic E-state index is -1.50. The number of aromatic carboxylic acids is 1. The topological polar surface area (TPSA) is 95.3 Å². The Balaban J connectivity index is 2.66. The standard InChI is InChI=1S/C10H7ClN2O4/c11-5-2-1-3-6(4-5)13-9(15)7(10(16)17)8(14)12-13/h1-4,15H,(H,12,14)(H,16,17). The Morgan fingerprint density at radius 2 is 2.12 bits per heavy atom. The maximum absolute atomic E-state index is 11.3. The average molecular weight is 255 g/mol. The number of benzene rings is 1. The van der Waals surface area contributed by atoms with Crippen molar-refractivity contribution in [2.24, 2.45) is 0 Å². The summed E-state index contributed by atoms with van der Waals surface area (Å²) in [4.78, 5) is 22.0. The van der Waals surface area contributed by atoms with E-state index in [1.807, 2.05) is 0 Å². The van der Waals surface area contributed by atoms with Crippen molar-refractivity contribution < 1.29 is 15.0 Å². The SMILES string of the molecule is O=C(O)c1c(O)n(-c2cccc(Cl)c2)[nH]c1=O. The molecule has 2 aromatic rings. The number of aromatic hydroxyl groups is 1. The first-order valence-electron chi connectivity index (χ1n) is 4.54. The second-order valence-corrected chi connectivity index (χ2v) is 3.70. The third-order valence-electron chi connectivity index (χ3n) is 2.16. The van der Waals surface area contributed by atoms with Crippen LogP contribution in [0.15, 0.2) is 29.1 Å². The van der Waals surface area contributed by atoms with Crippen LogP contribution in [0.5, 0.6) is 5.88 Å². The van der Waals surface area contributed by atoms with E-state index in [4.69, 9.17) is 16.7 Å². The molecule has 2 rings (SSSR count). The highest BCUT2D eigenvalue weighted by Gasteiger charge is 2.21. The Bertz CT molecular complexity index is 644. The van der Waals surface area contributed by atoms with Crippen molar-refractivity contribution in [1.29, 1.82) is 0 Å². The van der Waals surface area contributed by atoms with Crippen LogP contribution in [0.1, 0.15) is 10.4 Å². The Morgan fingerprint density at radius 1 is 1.41 bits per heavy atom. The number of hydrogen-bond acceptors (Lipinski definition) is 3. The Labute approximate surface area is 99.7 Å². The maximum atomic E-state index is 11.3. The van der Waals surface area contributed by atoms with Gasteiger partial charge in [0.2, 0.25) is 5.88 Å². The predicted molar refractivity (Wildman–Crippen MR) is 60.0 cm³/mol. The van der Waals surface area contributed by atoms with Gasteiger partial charge in [0.05, 0.1) is 5.69 Å². The van der Waals surface area contributed by atoms with E-state index in [0.717, 1.165) is 4.68 Å². The van der Waals surface area contributed by atoms with Crippen molar-refractivity contribution >= 4 is 17.6 Å². The molecule has 0 aliphatic carbocycles. The quantitative estimate of drug-likeness (QED) is 0.751. The number of H-pyrrole nitrogens is 1. The van der Waals surface area contributed by atoms with Crippen LogP contribution in [-0.4, -0.2) is 26.0 Å². The number of aromatic nitrogens is 2. The zero-order chi connectivity index (χ0) is 12.6. The molecule has 1 aromatic carbocycles. The van der Waals surface area contributed by atoms with Crippen molar-refractivity contribution in [3.05, 3.63) is 45.2 Å². The molecule has 3 N–H and O–H groups in total.